The normalized spacial score (nSPS) is 10.3. The standard InChI is InChI=1S/C13H12BrNO2/c1-8-7-17-9(2)12(8)13(16)15-11-5-3-4-10(14)6-11/h3-7H,1-2H3,(H,15,16). The van der Waals surface area contributed by atoms with E-state index in [1.807, 2.05) is 31.2 Å². The third-order valence-corrected chi connectivity index (χ3v) is 2.96. The van der Waals surface area contributed by atoms with Crippen LogP contribution < -0.4 is 5.32 Å². The molecule has 1 N–H and O–H groups in total. The van der Waals surface area contributed by atoms with Crippen molar-refractivity contribution in [3.8, 4) is 0 Å². The number of nitrogens with one attached hydrogen (secondary N) is 1. The number of furan rings is 1. The number of rotatable bonds is 2. The van der Waals surface area contributed by atoms with Gasteiger partial charge in [-0.2, -0.15) is 0 Å². The molecule has 1 aromatic heterocycles. The monoisotopic (exact) mass is 293 g/mol. The van der Waals surface area contributed by atoms with Gasteiger partial charge < -0.3 is 9.73 Å². The van der Waals surface area contributed by atoms with E-state index < -0.39 is 0 Å². The van der Waals surface area contributed by atoms with E-state index in [0.29, 0.717) is 11.3 Å². The molecule has 0 radical (unpaired) electrons. The predicted molar refractivity (Wildman–Crippen MR) is 70.3 cm³/mol. The summed E-state index contributed by atoms with van der Waals surface area (Å²) in [5.41, 5.74) is 2.20. The molecule has 3 nitrogen and oxygen atoms in total. The molecule has 0 aliphatic carbocycles. The van der Waals surface area contributed by atoms with Crippen LogP contribution in [0, 0.1) is 13.8 Å². The molecule has 0 aliphatic rings. The van der Waals surface area contributed by atoms with Gasteiger partial charge in [0.2, 0.25) is 0 Å². The number of amides is 1. The number of aryl methyl sites for hydroxylation is 2. The van der Waals surface area contributed by atoms with E-state index in [2.05, 4.69) is 21.2 Å². The van der Waals surface area contributed by atoms with Crippen LogP contribution >= 0.6 is 15.9 Å². The highest BCUT2D eigenvalue weighted by Crippen LogP contribution is 2.19. The Balaban J connectivity index is 2.23. The molecule has 0 atom stereocenters. The van der Waals surface area contributed by atoms with Gasteiger partial charge >= 0.3 is 0 Å². The van der Waals surface area contributed by atoms with Crippen LogP contribution in [0.15, 0.2) is 39.4 Å². The Morgan fingerprint density at radius 2 is 2.12 bits per heavy atom. The van der Waals surface area contributed by atoms with Crippen molar-refractivity contribution in [3.05, 3.63) is 51.9 Å². The van der Waals surface area contributed by atoms with E-state index in [9.17, 15) is 4.79 Å². The van der Waals surface area contributed by atoms with Gasteiger partial charge in [-0.1, -0.05) is 22.0 Å². The SMILES string of the molecule is Cc1coc(C)c1C(=O)Nc1cccc(Br)c1. The lowest BCUT2D eigenvalue weighted by Gasteiger charge is -2.05. The maximum absolute atomic E-state index is 12.0. The Kier molecular flexibility index (Phi) is 3.33. The number of carbonyl (C=O) groups is 1. The number of hydrogen-bond acceptors (Lipinski definition) is 2. The quantitative estimate of drug-likeness (QED) is 0.912. The van der Waals surface area contributed by atoms with E-state index in [1.165, 1.54) is 0 Å². The summed E-state index contributed by atoms with van der Waals surface area (Å²) >= 11 is 3.36. The number of halogens is 1. The van der Waals surface area contributed by atoms with Crippen molar-refractivity contribution >= 4 is 27.5 Å². The average molecular weight is 294 g/mol. The van der Waals surface area contributed by atoms with Crippen LogP contribution in [0.1, 0.15) is 21.7 Å². The maximum atomic E-state index is 12.0. The summed E-state index contributed by atoms with van der Waals surface area (Å²) in [4.78, 5) is 12.0. The van der Waals surface area contributed by atoms with E-state index in [-0.39, 0.29) is 5.91 Å². The second kappa shape index (κ2) is 4.75. The van der Waals surface area contributed by atoms with Gasteiger partial charge in [0.1, 0.15) is 5.76 Å². The third-order valence-electron chi connectivity index (χ3n) is 2.47. The largest absolute Gasteiger partial charge is 0.469 e. The molecule has 1 amide bonds. The molecule has 4 heteroatoms. The Morgan fingerprint density at radius 1 is 1.35 bits per heavy atom. The lowest BCUT2D eigenvalue weighted by atomic mass is 10.1. The van der Waals surface area contributed by atoms with Gasteiger partial charge in [-0.3, -0.25) is 4.79 Å². The fourth-order valence-electron chi connectivity index (χ4n) is 1.67. The molecule has 0 bridgehead atoms. The van der Waals surface area contributed by atoms with Crippen molar-refractivity contribution in [2.75, 3.05) is 5.32 Å². The summed E-state index contributed by atoms with van der Waals surface area (Å²) in [6.07, 6.45) is 1.59. The van der Waals surface area contributed by atoms with Crippen molar-refractivity contribution < 1.29 is 9.21 Å². The zero-order chi connectivity index (χ0) is 12.4. The second-order valence-corrected chi connectivity index (χ2v) is 4.73. The summed E-state index contributed by atoms with van der Waals surface area (Å²) in [6.45, 7) is 3.63. The number of benzene rings is 1. The van der Waals surface area contributed by atoms with Gasteiger partial charge in [-0.25, -0.2) is 0 Å². The molecule has 1 aromatic carbocycles. The fourth-order valence-corrected chi connectivity index (χ4v) is 2.07. The predicted octanol–water partition coefficient (Wildman–Crippen LogP) is 3.91. The van der Waals surface area contributed by atoms with Crippen LogP contribution in [-0.2, 0) is 0 Å². The number of carbonyl (C=O) groups excluding carboxylic acids is 1. The first-order valence-electron chi connectivity index (χ1n) is 5.19. The summed E-state index contributed by atoms with van der Waals surface area (Å²) in [7, 11) is 0. The van der Waals surface area contributed by atoms with Gasteiger partial charge in [0.25, 0.3) is 5.91 Å². The van der Waals surface area contributed by atoms with Crippen LogP contribution in [-0.4, -0.2) is 5.91 Å². The number of hydrogen-bond donors (Lipinski definition) is 1. The third kappa shape index (κ3) is 2.58. The smallest absolute Gasteiger partial charge is 0.259 e. The minimum Gasteiger partial charge on any atom is -0.469 e. The summed E-state index contributed by atoms with van der Waals surface area (Å²) in [6, 6.07) is 7.47. The van der Waals surface area contributed by atoms with Crippen LogP contribution in [0.5, 0.6) is 0 Å². The van der Waals surface area contributed by atoms with Crippen molar-refractivity contribution in [2.45, 2.75) is 13.8 Å². The highest BCUT2D eigenvalue weighted by atomic mass is 79.9. The zero-order valence-electron chi connectivity index (χ0n) is 9.58. The molecule has 0 spiro atoms. The van der Waals surface area contributed by atoms with Crippen molar-refractivity contribution in [2.24, 2.45) is 0 Å². The van der Waals surface area contributed by atoms with Gasteiger partial charge in [-0.15, -0.1) is 0 Å². The van der Waals surface area contributed by atoms with Crippen LogP contribution in [0.4, 0.5) is 5.69 Å². The molecule has 0 saturated heterocycles. The Morgan fingerprint density at radius 3 is 2.71 bits per heavy atom. The van der Waals surface area contributed by atoms with Gasteiger partial charge in [0, 0.05) is 15.7 Å². The molecule has 0 unspecified atom stereocenters. The first-order chi connectivity index (χ1) is 8.08. The minimum absolute atomic E-state index is 0.146. The average Bonchev–Trinajstić information content (AvgIpc) is 2.58. The Hall–Kier alpha value is -1.55. The molecule has 88 valence electrons. The summed E-state index contributed by atoms with van der Waals surface area (Å²) in [5, 5.41) is 2.84. The van der Waals surface area contributed by atoms with Gasteiger partial charge in [0.15, 0.2) is 0 Å². The topological polar surface area (TPSA) is 42.2 Å². The molecular formula is C13H12BrNO2. The van der Waals surface area contributed by atoms with E-state index in [1.54, 1.807) is 13.2 Å². The lowest BCUT2D eigenvalue weighted by Crippen LogP contribution is -2.13. The van der Waals surface area contributed by atoms with E-state index >= 15 is 0 Å². The van der Waals surface area contributed by atoms with Crippen molar-refractivity contribution in [1.29, 1.82) is 0 Å². The van der Waals surface area contributed by atoms with Gasteiger partial charge in [-0.05, 0) is 32.0 Å². The molecule has 1 heterocycles. The molecule has 0 saturated carbocycles. The molecule has 17 heavy (non-hydrogen) atoms. The number of anilines is 1. The molecule has 0 fully saturated rings. The second-order valence-electron chi connectivity index (χ2n) is 3.81. The molecule has 2 aromatic rings. The van der Waals surface area contributed by atoms with Crippen molar-refractivity contribution in [3.63, 3.8) is 0 Å². The highest BCUT2D eigenvalue weighted by molar-refractivity contribution is 9.10. The molecular weight excluding hydrogens is 282 g/mol. The first-order valence-corrected chi connectivity index (χ1v) is 5.99. The zero-order valence-corrected chi connectivity index (χ0v) is 11.2. The van der Waals surface area contributed by atoms with Crippen LogP contribution in [0.3, 0.4) is 0 Å². The Labute approximate surface area is 108 Å². The molecule has 2 rings (SSSR count). The maximum Gasteiger partial charge on any atom is 0.259 e. The van der Waals surface area contributed by atoms with Crippen LogP contribution in [0.25, 0.3) is 0 Å². The highest BCUT2D eigenvalue weighted by Gasteiger charge is 2.15. The first kappa shape index (κ1) is 11.9. The Bertz CT molecular complexity index is 541. The van der Waals surface area contributed by atoms with E-state index in [4.69, 9.17) is 4.42 Å². The minimum atomic E-state index is -0.146. The lowest BCUT2D eigenvalue weighted by molar-refractivity contribution is 0.102. The molecule has 0 aliphatic heterocycles. The van der Waals surface area contributed by atoms with Gasteiger partial charge in [0.05, 0.1) is 11.8 Å². The summed E-state index contributed by atoms with van der Waals surface area (Å²) in [5.74, 6) is 0.488. The summed E-state index contributed by atoms with van der Waals surface area (Å²) < 4.78 is 6.13. The van der Waals surface area contributed by atoms with Crippen LogP contribution in [0.2, 0.25) is 0 Å². The van der Waals surface area contributed by atoms with Crippen molar-refractivity contribution in [1.82, 2.24) is 0 Å². The van der Waals surface area contributed by atoms with E-state index in [0.717, 1.165) is 15.7 Å². The fraction of sp³-hybridized carbons (Fsp3) is 0.154.